The minimum absolute atomic E-state index is 0.157. The molecule has 1 fully saturated rings. The average molecular weight is 408 g/mol. The molecule has 4 nitrogen and oxygen atoms in total. The van der Waals surface area contributed by atoms with E-state index in [1.165, 1.54) is 11.6 Å². The van der Waals surface area contributed by atoms with E-state index in [-0.39, 0.29) is 17.3 Å². The molecule has 0 bridgehead atoms. The molecule has 0 saturated carbocycles. The molecule has 1 spiro atoms. The highest BCUT2D eigenvalue weighted by atomic mass is 19.1. The molecule has 0 aromatic heterocycles. The molecule has 30 heavy (non-hydrogen) atoms. The predicted molar refractivity (Wildman–Crippen MR) is 121 cm³/mol. The average Bonchev–Trinajstić information content (AvgIpc) is 3.03. The first-order valence-corrected chi connectivity index (χ1v) is 10.7. The third kappa shape index (κ3) is 4.12. The number of urea groups is 1. The summed E-state index contributed by atoms with van der Waals surface area (Å²) in [6, 6.07) is 12.5. The van der Waals surface area contributed by atoms with Crippen LogP contribution in [0.15, 0.2) is 54.1 Å². The van der Waals surface area contributed by atoms with Gasteiger partial charge in [-0.1, -0.05) is 29.3 Å². The summed E-state index contributed by atoms with van der Waals surface area (Å²) in [4.78, 5) is 17.3. The number of likely N-dealkylation sites (tertiary alicyclic amines) is 1. The first kappa shape index (κ1) is 20.6. The molecule has 2 aliphatic rings. The number of nitrogens with one attached hydrogen (secondary N) is 1. The maximum absolute atomic E-state index is 14.2. The highest BCUT2D eigenvalue weighted by Crippen LogP contribution is 2.47. The minimum atomic E-state index is -0.235. The van der Waals surface area contributed by atoms with Crippen LogP contribution >= 0.6 is 0 Å². The van der Waals surface area contributed by atoms with Gasteiger partial charge in [0.25, 0.3) is 0 Å². The number of aryl methyl sites for hydroxylation is 1. The van der Waals surface area contributed by atoms with Crippen molar-refractivity contribution >= 4 is 17.4 Å². The number of piperidine rings is 1. The Bertz CT molecular complexity index is 955. The van der Waals surface area contributed by atoms with Crippen LogP contribution < -0.4 is 10.2 Å². The van der Waals surface area contributed by atoms with Crippen molar-refractivity contribution in [3.63, 3.8) is 0 Å². The Kier molecular flexibility index (Phi) is 5.65. The predicted octanol–water partition coefficient (Wildman–Crippen LogP) is 5.49. The van der Waals surface area contributed by atoms with Crippen molar-refractivity contribution < 1.29 is 9.18 Å². The van der Waals surface area contributed by atoms with E-state index in [1.54, 1.807) is 17.0 Å². The van der Waals surface area contributed by atoms with E-state index >= 15 is 0 Å². The standard InChI is InChI=1S/C25H30FN3O/c1-18(2)10-13-28-14-11-25(12-15-28)17-29(23-9-6-20(26)16-22(23)25)24(30)27-21-7-4-19(3)5-8-21/h4-10,16H,11-15,17H2,1-3H3,(H,27,30). The molecule has 1 N–H and O–H groups in total. The number of anilines is 2. The molecular weight excluding hydrogens is 377 g/mol. The quantitative estimate of drug-likeness (QED) is 0.683. The summed E-state index contributed by atoms with van der Waals surface area (Å²) in [6.45, 7) is 9.70. The highest BCUT2D eigenvalue weighted by molar-refractivity contribution is 6.03. The van der Waals surface area contributed by atoms with E-state index in [4.69, 9.17) is 0 Å². The molecule has 2 amide bonds. The van der Waals surface area contributed by atoms with Crippen molar-refractivity contribution in [1.29, 1.82) is 0 Å². The second-order valence-electron chi connectivity index (χ2n) is 8.91. The second kappa shape index (κ2) is 8.23. The number of halogens is 1. The Balaban J connectivity index is 1.55. The van der Waals surface area contributed by atoms with Crippen LogP contribution in [0.2, 0.25) is 0 Å². The van der Waals surface area contributed by atoms with Gasteiger partial charge in [0, 0.05) is 29.9 Å². The molecule has 0 atom stereocenters. The maximum Gasteiger partial charge on any atom is 0.326 e. The number of allylic oxidation sites excluding steroid dienone is 1. The third-order valence-corrected chi connectivity index (χ3v) is 6.40. The van der Waals surface area contributed by atoms with Crippen LogP contribution in [-0.4, -0.2) is 37.1 Å². The maximum atomic E-state index is 14.2. The van der Waals surface area contributed by atoms with Crippen molar-refractivity contribution in [1.82, 2.24) is 4.90 Å². The van der Waals surface area contributed by atoms with Gasteiger partial charge < -0.3 is 5.32 Å². The van der Waals surface area contributed by atoms with Gasteiger partial charge in [0.1, 0.15) is 5.82 Å². The van der Waals surface area contributed by atoms with Gasteiger partial charge in [-0.2, -0.15) is 0 Å². The summed E-state index contributed by atoms with van der Waals surface area (Å²) in [5, 5.41) is 3.01. The fraction of sp³-hybridized carbons (Fsp3) is 0.400. The summed E-state index contributed by atoms with van der Waals surface area (Å²) >= 11 is 0. The van der Waals surface area contributed by atoms with Crippen molar-refractivity contribution in [3.05, 3.63) is 71.1 Å². The number of carbonyl (C=O) groups excluding carboxylic acids is 1. The Morgan fingerprint density at radius 1 is 1.13 bits per heavy atom. The van der Waals surface area contributed by atoms with Crippen molar-refractivity contribution in [2.24, 2.45) is 0 Å². The lowest BCUT2D eigenvalue weighted by Crippen LogP contribution is -2.46. The normalized spacial score (nSPS) is 17.7. The molecule has 4 rings (SSSR count). The number of hydrogen-bond acceptors (Lipinski definition) is 2. The van der Waals surface area contributed by atoms with Crippen LogP contribution in [0.1, 0.15) is 37.8 Å². The SMILES string of the molecule is CC(C)=CCN1CCC2(CC1)CN(C(=O)Nc1ccc(C)cc1)c1ccc(F)cc12. The monoisotopic (exact) mass is 407 g/mol. The second-order valence-corrected chi connectivity index (χ2v) is 8.91. The fourth-order valence-corrected chi connectivity index (χ4v) is 4.55. The minimum Gasteiger partial charge on any atom is -0.308 e. The molecule has 158 valence electrons. The zero-order chi connectivity index (χ0) is 21.3. The molecule has 0 radical (unpaired) electrons. The van der Waals surface area contributed by atoms with Gasteiger partial charge in [-0.15, -0.1) is 0 Å². The van der Waals surface area contributed by atoms with Gasteiger partial charge in [-0.3, -0.25) is 9.80 Å². The molecule has 5 heteroatoms. The number of fused-ring (bicyclic) bond motifs is 2. The Labute approximate surface area is 178 Å². The Morgan fingerprint density at radius 2 is 1.83 bits per heavy atom. The van der Waals surface area contributed by atoms with Crippen molar-refractivity contribution in [2.75, 3.05) is 36.4 Å². The molecular formula is C25H30FN3O. The largest absolute Gasteiger partial charge is 0.326 e. The molecule has 2 aromatic rings. The first-order valence-electron chi connectivity index (χ1n) is 10.7. The van der Waals surface area contributed by atoms with E-state index in [0.29, 0.717) is 6.54 Å². The van der Waals surface area contributed by atoms with E-state index in [1.807, 2.05) is 31.2 Å². The Hall–Kier alpha value is -2.66. The fourth-order valence-electron chi connectivity index (χ4n) is 4.55. The number of carbonyl (C=O) groups is 1. The lowest BCUT2D eigenvalue weighted by Gasteiger charge is -2.39. The molecule has 2 heterocycles. The topological polar surface area (TPSA) is 35.6 Å². The molecule has 0 unspecified atom stereocenters. The van der Waals surface area contributed by atoms with E-state index in [0.717, 1.165) is 55.0 Å². The third-order valence-electron chi connectivity index (χ3n) is 6.40. The van der Waals surface area contributed by atoms with Gasteiger partial charge in [0.05, 0.1) is 0 Å². The zero-order valence-electron chi connectivity index (χ0n) is 18.0. The summed E-state index contributed by atoms with van der Waals surface area (Å²) in [5.41, 5.74) is 4.87. The van der Waals surface area contributed by atoms with Gasteiger partial charge in [0.2, 0.25) is 0 Å². The van der Waals surface area contributed by atoms with E-state index in [9.17, 15) is 9.18 Å². The van der Waals surface area contributed by atoms with Gasteiger partial charge >= 0.3 is 6.03 Å². The van der Waals surface area contributed by atoms with Gasteiger partial charge in [-0.05, 0) is 82.6 Å². The summed E-state index contributed by atoms with van der Waals surface area (Å²) < 4.78 is 14.2. The Morgan fingerprint density at radius 3 is 2.50 bits per heavy atom. The lowest BCUT2D eigenvalue weighted by molar-refractivity contribution is 0.180. The van der Waals surface area contributed by atoms with Crippen LogP contribution in [-0.2, 0) is 5.41 Å². The number of rotatable bonds is 3. The zero-order valence-corrected chi connectivity index (χ0v) is 18.0. The summed E-state index contributed by atoms with van der Waals surface area (Å²) in [6.07, 6.45) is 4.10. The van der Waals surface area contributed by atoms with Crippen molar-refractivity contribution in [2.45, 2.75) is 39.0 Å². The van der Waals surface area contributed by atoms with Crippen LogP contribution in [0.3, 0.4) is 0 Å². The molecule has 1 saturated heterocycles. The number of nitrogens with zero attached hydrogens (tertiary/aromatic N) is 2. The van der Waals surface area contributed by atoms with Crippen molar-refractivity contribution in [3.8, 4) is 0 Å². The van der Waals surface area contributed by atoms with Crippen LogP contribution in [0.25, 0.3) is 0 Å². The van der Waals surface area contributed by atoms with Gasteiger partial charge in [-0.25, -0.2) is 9.18 Å². The van der Waals surface area contributed by atoms with Crippen LogP contribution in [0.5, 0.6) is 0 Å². The summed E-state index contributed by atoms with van der Waals surface area (Å²) in [7, 11) is 0. The highest BCUT2D eigenvalue weighted by Gasteiger charge is 2.46. The van der Waals surface area contributed by atoms with Gasteiger partial charge in [0.15, 0.2) is 0 Å². The number of hydrogen-bond donors (Lipinski definition) is 1. The van der Waals surface area contributed by atoms with Crippen LogP contribution in [0, 0.1) is 12.7 Å². The van der Waals surface area contributed by atoms with E-state index < -0.39 is 0 Å². The molecule has 2 aromatic carbocycles. The lowest BCUT2D eigenvalue weighted by atomic mass is 9.74. The molecule has 2 aliphatic heterocycles. The van der Waals surface area contributed by atoms with E-state index in [2.05, 4.69) is 30.1 Å². The first-order chi connectivity index (χ1) is 14.4. The summed E-state index contributed by atoms with van der Waals surface area (Å²) in [5.74, 6) is -0.235. The smallest absolute Gasteiger partial charge is 0.308 e. The number of benzene rings is 2. The van der Waals surface area contributed by atoms with Crippen LogP contribution in [0.4, 0.5) is 20.6 Å². The molecule has 0 aliphatic carbocycles. The number of amides is 2.